The van der Waals surface area contributed by atoms with Gasteiger partial charge in [0.25, 0.3) is 5.56 Å². The van der Waals surface area contributed by atoms with Crippen molar-refractivity contribution in [1.82, 2.24) is 14.3 Å². The molecule has 30 heavy (non-hydrogen) atoms. The number of benzene rings is 2. The zero-order chi connectivity index (χ0) is 21.3. The maximum atomic E-state index is 12.9. The highest BCUT2D eigenvalue weighted by Crippen LogP contribution is 2.22. The summed E-state index contributed by atoms with van der Waals surface area (Å²) >= 11 is 0. The topological polar surface area (TPSA) is 92.7 Å². The fourth-order valence-corrected chi connectivity index (χ4v) is 3.57. The molecule has 148 valence electrons. The number of aromatic nitrogens is 3. The fraction of sp³-hybridized carbons (Fsp3) is 0.130. The summed E-state index contributed by atoms with van der Waals surface area (Å²) in [6.45, 7) is 3.62. The van der Waals surface area contributed by atoms with Crippen molar-refractivity contribution in [3.8, 4) is 11.8 Å². The molecule has 0 aliphatic heterocycles. The Morgan fingerprint density at radius 2 is 1.87 bits per heavy atom. The van der Waals surface area contributed by atoms with Gasteiger partial charge in [-0.3, -0.25) is 14.2 Å². The number of nitriles is 1. The minimum absolute atomic E-state index is 0.175. The Balaban J connectivity index is 1.72. The van der Waals surface area contributed by atoms with Crippen molar-refractivity contribution in [2.45, 2.75) is 20.4 Å². The van der Waals surface area contributed by atoms with Gasteiger partial charge < -0.3 is 5.32 Å². The van der Waals surface area contributed by atoms with Gasteiger partial charge in [0.15, 0.2) is 5.82 Å². The van der Waals surface area contributed by atoms with Gasteiger partial charge in [-0.2, -0.15) is 10.4 Å². The van der Waals surface area contributed by atoms with Gasteiger partial charge >= 0.3 is 0 Å². The highest BCUT2D eigenvalue weighted by atomic mass is 16.2. The van der Waals surface area contributed by atoms with Crippen LogP contribution in [0.1, 0.15) is 16.7 Å². The minimum atomic E-state index is -0.417. The smallest absolute Gasteiger partial charge is 0.251 e. The summed E-state index contributed by atoms with van der Waals surface area (Å²) in [5, 5.41) is 17.3. The Hall–Kier alpha value is -4.18. The zero-order valence-corrected chi connectivity index (χ0v) is 16.6. The van der Waals surface area contributed by atoms with Crippen LogP contribution in [0.25, 0.3) is 16.6 Å². The molecule has 0 atom stereocenters. The van der Waals surface area contributed by atoms with Gasteiger partial charge in [0.2, 0.25) is 5.91 Å². The van der Waals surface area contributed by atoms with E-state index in [1.54, 1.807) is 0 Å². The van der Waals surface area contributed by atoms with E-state index in [4.69, 9.17) is 0 Å². The van der Waals surface area contributed by atoms with Crippen LogP contribution in [-0.4, -0.2) is 20.3 Å². The number of fused-ring (bicyclic) bond motifs is 1. The molecule has 7 heteroatoms. The Morgan fingerprint density at radius 3 is 2.60 bits per heavy atom. The van der Waals surface area contributed by atoms with Gasteiger partial charge in [-0.15, -0.1) is 0 Å². The standard InChI is InChI=1S/C23H19N5O2/c1-15-7-6-10-19-16(2)11-21(30)27(22(15)19)14-20(29)26-23-17(12-24)13-25-28(23)18-8-4-3-5-9-18/h3-11,13H,14H2,1-2H3,(H,26,29). The first-order valence-corrected chi connectivity index (χ1v) is 9.42. The third-order valence-electron chi connectivity index (χ3n) is 4.99. The van der Waals surface area contributed by atoms with Gasteiger partial charge in [0.1, 0.15) is 18.2 Å². The molecular weight excluding hydrogens is 378 g/mol. The molecule has 4 aromatic rings. The summed E-state index contributed by atoms with van der Waals surface area (Å²) < 4.78 is 2.96. The average Bonchev–Trinajstić information content (AvgIpc) is 3.14. The second kappa shape index (κ2) is 7.68. The van der Waals surface area contributed by atoms with Crippen LogP contribution in [0.2, 0.25) is 0 Å². The molecule has 0 unspecified atom stereocenters. The van der Waals surface area contributed by atoms with Crippen molar-refractivity contribution >= 4 is 22.6 Å². The van der Waals surface area contributed by atoms with Crippen LogP contribution >= 0.6 is 0 Å². The molecule has 2 heterocycles. The molecule has 2 aromatic carbocycles. The SMILES string of the molecule is Cc1cc(=O)n(CC(=O)Nc2c(C#N)cnn2-c2ccccc2)c2c(C)cccc12. The van der Waals surface area contributed by atoms with Crippen molar-refractivity contribution in [3.63, 3.8) is 0 Å². The van der Waals surface area contributed by atoms with Crippen LogP contribution < -0.4 is 10.9 Å². The van der Waals surface area contributed by atoms with E-state index in [2.05, 4.69) is 10.4 Å². The van der Waals surface area contributed by atoms with E-state index in [0.29, 0.717) is 5.69 Å². The van der Waals surface area contributed by atoms with Crippen molar-refractivity contribution < 1.29 is 4.79 Å². The fourth-order valence-electron chi connectivity index (χ4n) is 3.57. The Bertz CT molecular complexity index is 1360. The number of aryl methyl sites for hydroxylation is 2. The second-order valence-corrected chi connectivity index (χ2v) is 7.04. The molecule has 1 amide bonds. The number of hydrogen-bond acceptors (Lipinski definition) is 4. The first-order valence-electron chi connectivity index (χ1n) is 9.42. The third kappa shape index (κ3) is 3.35. The Kier molecular flexibility index (Phi) is 4.90. The lowest BCUT2D eigenvalue weighted by atomic mass is 10.1. The van der Waals surface area contributed by atoms with E-state index in [1.165, 1.54) is 21.5 Å². The van der Waals surface area contributed by atoms with Crippen LogP contribution in [0.3, 0.4) is 0 Å². The number of carbonyl (C=O) groups is 1. The molecule has 0 radical (unpaired) electrons. The van der Waals surface area contributed by atoms with E-state index in [0.717, 1.165) is 22.0 Å². The zero-order valence-electron chi connectivity index (χ0n) is 16.6. The average molecular weight is 397 g/mol. The Morgan fingerprint density at radius 1 is 1.10 bits per heavy atom. The van der Waals surface area contributed by atoms with Crippen molar-refractivity contribution in [2.75, 3.05) is 5.32 Å². The lowest BCUT2D eigenvalue weighted by Crippen LogP contribution is -2.29. The largest absolute Gasteiger partial charge is 0.308 e. The number of hydrogen-bond donors (Lipinski definition) is 1. The van der Waals surface area contributed by atoms with E-state index in [1.807, 2.05) is 68.4 Å². The normalized spacial score (nSPS) is 10.7. The predicted octanol–water partition coefficient (Wildman–Crippen LogP) is 3.31. The molecule has 0 bridgehead atoms. The number of amides is 1. The molecule has 7 nitrogen and oxygen atoms in total. The molecular formula is C23H19N5O2. The molecule has 0 aliphatic rings. The van der Waals surface area contributed by atoms with Gasteiger partial charge in [0, 0.05) is 11.5 Å². The first-order chi connectivity index (χ1) is 14.5. The van der Waals surface area contributed by atoms with Crippen molar-refractivity contribution in [1.29, 1.82) is 5.26 Å². The molecule has 0 saturated heterocycles. The van der Waals surface area contributed by atoms with Crippen LogP contribution in [0.4, 0.5) is 5.82 Å². The number of nitrogens with one attached hydrogen (secondary N) is 1. The summed E-state index contributed by atoms with van der Waals surface area (Å²) in [6, 6.07) is 18.6. The minimum Gasteiger partial charge on any atom is -0.308 e. The maximum absolute atomic E-state index is 12.9. The molecule has 0 spiro atoms. The van der Waals surface area contributed by atoms with Crippen LogP contribution in [0.15, 0.2) is 65.6 Å². The van der Waals surface area contributed by atoms with Crippen LogP contribution in [-0.2, 0) is 11.3 Å². The van der Waals surface area contributed by atoms with E-state index in [-0.39, 0.29) is 23.5 Å². The lowest BCUT2D eigenvalue weighted by molar-refractivity contribution is -0.116. The van der Waals surface area contributed by atoms with Crippen LogP contribution in [0.5, 0.6) is 0 Å². The number of rotatable bonds is 4. The number of anilines is 1. The summed E-state index contributed by atoms with van der Waals surface area (Å²) in [7, 11) is 0. The number of nitrogens with zero attached hydrogens (tertiary/aromatic N) is 4. The summed E-state index contributed by atoms with van der Waals surface area (Å²) in [5.74, 6) is -0.144. The molecule has 0 saturated carbocycles. The quantitative estimate of drug-likeness (QED) is 0.572. The van der Waals surface area contributed by atoms with E-state index >= 15 is 0 Å². The summed E-state index contributed by atoms with van der Waals surface area (Å²) in [4.78, 5) is 25.6. The number of para-hydroxylation sites is 2. The molecule has 0 aliphatic carbocycles. The van der Waals surface area contributed by atoms with Gasteiger partial charge in [0.05, 0.1) is 17.4 Å². The van der Waals surface area contributed by atoms with Gasteiger partial charge in [-0.05, 0) is 37.1 Å². The highest BCUT2D eigenvalue weighted by Gasteiger charge is 2.17. The lowest BCUT2D eigenvalue weighted by Gasteiger charge is -2.15. The maximum Gasteiger partial charge on any atom is 0.251 e. The molecule has 0 fully saturated rings. The van der Waals surface area contributed by atoms with E-state index in [9.17, 15) is 14.9 Å². The molecule has 4 rings (SSSR count). The highest BCUT2D eigenvalue weighted by molar-refractivity contribution is 5.93. The van der Waals surface area contributed by atoms with Gasteiger partial charge in [-0.25, -0.2) is 4.68 Å². The summed E-state index contributed by atoms with van der Waals surface area (Å²) in [5.41, 5.74) is 3.21. The van der Waals surface area contributed by atoms with Crippen molar-refractivity contribution in [3.05, 3.63) is 87.8 Å². The second-order valence-electron chi connectivity index (χ2n) is 7.04. The molecule has 2 aromatic heterocycles. The monoisotopic (exact) mass is 397 g/mol. The number of pyridine rings is 1. The predicted molar refractivity (Wildman–Crippen MR) is 115 cm³/mol. The number of carbonyl (C=O) groups excluding carboxylic acids is 1. The van der Waals surface area contributed by atoms with Crippen LogP contribution in [0, 0.1) is 25.2 Å². The van der Waals surface area contributed by atoms with Gasteiger partial charge in [-0.1, -0.05) is 36.4 Å². The van der Waals surface area contributed by atoms with E-state index < -0.39 is 5.91 Å². The first kappa shape index (κ1) is 19.2. The third-order valence-corrected chi connectivity index (χ3v) is 4.99. The Labute approximate surface area is 172 Å². The molecule has 1 N–H and O–H groups in total. The summed E-state index contributed by atoms with van der Waals surface area (Å²) in [6.07, 6.45) is 1.40. The van der Waals surface area contributed by atoms with Crippen molar-refractivity contribution in [2.24, 2.45) is 0 Å².